The topological polar surface area (TPSA) is 137 Å². The number of carbonyl (C=O) groups is 1. The number of nitrogens with zero attached hydrogens (tertiary/aromatic N) is 4. The number of ether oxygens (including phenoxy) is 6. The summed E-state index contributed by atoms with van der Waals surface area (Å²) in [5.74, 6) is 1.36. The SMILES string of the molecule is COCCO[C@@H]1[C@H](OC(c2ccccc2)(c2ccc(OC)cc2)c2ccc(OC)cc2)[C@@H](CO[Si](C)(C)C(C)(C)C)O[C@H]1n1cnc2c(NC(=O)c3ccccc3)ncnc21. The molecule has 0 saturated carbocycles. The smallest absolute Gasteiger partial charge is 0.256 e. The number of methoxy groups -OCH3 is 3. The molecule has 1 N–H and O–H groups in total. The minimum atomic E-state index is -2.31. The monoisotopic (exact) mass is 845 g/mol. The van der Waals surface area contributed by atoms with Gasteiger partial charge in [0.1, 0.15) is 41.7 Å². The largest absolute Gasteiger partial charge is 0.497 e. The van der Waals surface area contributed by atoms with Crippen LogP contribution < -0.4 is 14.8 Å². The maximum atomic E-state index is 13.3. The Hall–Kier alpha value is -5.48. The summed E-state index contributed by atoms with van der Waals surface area (Å²) in [6.45, 7) is 11.8. The van der Waals surface area contributed by atoms with Crippen molar-refractivity contribution in [1.29, 1.82) is 0 Å². The van der Waals surface area contributed by atoms with Crippen molar-refractivity contribution < 1.29 is 37.6 Å². The quantitative estimate of drug-likeness (QED) is 0.0538. The summed E-state index contributed by atoms with van der Waals surface area (Å²) >= 11 is 0. The molecule has 0 spiro atoms. The third kappa shape index (κ3) is 9.10. The highest BCUT2D eigenvalue weighted by molar-refractivity contribution is 6.74. The highest BCUT2D eigenvalue weighted by atomic mass is 28.4. The molecule has 1 amide bonds. The van der Waals surface area contributed by atoms with E-state index in [1.807, 2.05) is 77.4 Å². The number of hydrogen-bond donors (Lipinski definition) is 1. The van der Waals surface area contributed by atoms with E-state index in [0.717, 1.165) is 16.7 Å². The van der Waals surface area contributed by atoms with E-state index in [-0.39, 0.29) is 30.0 Å². The molecule has 6 aromatic rings. The fourth-order valence-corrected chi connectivity index (χ4v) is 8.31. The molecule has 2 aromatic heterocycles. The second-order valence-electron chi connectivity index (χ2n) is 16.4. The van der Waals surface area contributed by atoms with Crippen molar-refractivity contribution in [2.24, 2.45) is 0 Å². The van der Waals surface area contributed by atoms with Crippen molar-refractivity contribution in [2.75, 3.05) is 46.5 Å². The Morgan fingerprint density at radius 1 is 0.754 bits per heavy atom. The van der Waals surface area contributed by atoms with Crippen molar-refractivity contribution in [2.45, 2.75) is 69.0 Å². The van der Waals surface area contributed by atoms with Crippen LogP contribution in [-0.4, -0.2) is 93.2 Å². The first kappa shape index (κ1) is 43.6. The molecule has 3 heterocycles. The molecule has 1 saturated heterocycles. The van der Waals surface area contributed by atoms with Crippen molar-refractivity contribution in [3.63, 3.8) is 0 Å². The van der Waals surface area contributed by atoms with Crippen LogP contribution in [0.5, 0.6) is 11.5 Å². The van der Waals surface area contributed by atoms with Gasteiger partial charge in [-0.05, 0) is 71.2 Å². The number of amides is 1. The standard InChI is InChI=1S/C47H55N5O8Si/c1-46(2,3)61(7,8)58-29-38-40(60-47(33-17-13-10-14-18-33,34-19-23-36(55-5)24-20-34)35-21-25-37(56-6)26-22-35)41(57-28-27-54-4)45(59-38)52-31-50-39-42(48-30-49-43(39)52)51-44(53)32-15-11-9-12-16-32/h9-26,30-31,38,40-41,45H,27-29H2,1-8H3,(H,48,49,51,53)/t38-,40-,41-,45-/m1/s1. The van der Waals surface area contributed by atoms with Crippen LogP contribution in [0.15, 0.2) is 122 Å². The van der Waals surface area contributed by atoms with Crippen LogP contribution in [-0.2, 0) is 29.0 Å². The Morgan fingerprint density at radius 3 is 1.92 bits per heavy atom. The van der Waals surface area contributed by atoms with Crippen LogP contribution in [0.2, 0.25) is 18.1 Å². The van der Waals surface area contributed by atoms with Gasteiger partial charge >= 0.3 is 0 Å². The molecule has 320 valence electrons. The van der Waals surface area contributed by atoms with E-state index >= 15 is 0 Å². The number of nitrogens with one attached hydrogen (secondary N) is 1. The normalized spacial score (nSPS) is 18.3. The minimum Gasteiger partial charge on any atom is -0.497 e. The van der Waals surface area contributed by atoms with E-state index in [9.17, 15) is 4.79 Å². The molecule has 1 aliphatic heterocycles. The van der Waals surface area contributed by atoms with Crippen molar-refractivity contribution in [3.05, 3.63) is 144 Å². The van der Waals surface area contributed by atoms with Crippen molar-refractivity contribution in [3.8, 4) is 11.5 Å². The molecule has 0 unspecified atom stereocenters. The number of benzene rings is 4. The Morgan fingerprint density at radius 2 is 1.34 bits per heavy atom. The molecule has 1 aliphatic rings. The van der Waals surface area contributed by atoms with Gasteiger partial charge in [0.15, 0.2) is 31.5 Å². The van der Waals surface area contributed by atoms with E-state index < -0.39 is 38.5 Å². The number of hydrogen-bond acceptors (Lipinski definition) is 11. The lowest BCUT2D eigenvalue weighted by atomic mass is 9.79. The van der Waals surface area contributed by atoms with Crippen molar-refractivity contribution >= 4 is 31.2 Å². The van der Waals surface area contributed by atoms with Gasteiger partial charge in [-0.2, -0.15) is 0 Å². The molecular formula is C47H55N5O8Si. The van der Waals surface area contributed by atoms with Crippen LogP contribution in [0.1, 0.15) is 54.0 Å². The van der Waals surface area contributed by atoms with Gasteiger partial charge in [0.2, 0.25) is 0 Å². The van der Waals surface area contributed by atoms with Gasteiger partial charge in [0.25, 0.3) is 5.91 Å². The van der Waals surface area contributed by atoms with Gasteiger partial charge in [-0.1, -0.05) is 93.6 Å². The third-order valence-electron chi connectivity index (χ3n) is 11.7. The van der Waals surface area contributed by atoms with Gasteiger partial charge in [0, 0.05) is 12.7 Å². The van der Waals surface area contributed by atoms with Gasteiger partial charge in [-0.25, -0.2) is 15.0 Å². The summed E-state index contributed by atoms with van der Waals surface area (Å²) < 4.78 is 47.3. The van der Waals surface area contributed by atoms with Gasteiger partial charge in [-0.3, -0.25) is 9.36 Å². The summed E-state index contributed by atoms with van der Waals surface area (Å²) in [5.41, 5.74) is 2.69. The highest BCUT2D eigenvalue weighted by Crippen LogP contribution is 2.47. The summed E-state index contributed by atoms with van der Waals surface area (Å²) in [6.07, 6.45) is 0.0670. The second-order valence-corrected chi connectivity index (χ2v) is 21.2. The Kier molecular flexibility index (Phi) is 13.3. The highest BCUT2D eigenvalue weighted by Gasteiger charge is 2.53. The number of anilines is 1. The molecular weight excluding hydrogens is 791 g/mol. The summed E-state index contributed by atoms with van der Waals surface area (Å²) in [7, 11) is 2.62. The Balaban J connectivity index is 1.39. The second kappa shape index (κ2) is 18.6. The fourth-order valence-electron chi connectivity index (χ4n) is 7.29. The molecule has 4 aromatic carbocycles. The van der Waals surface area contributed by atoms with Crippen LogP contribution in [0.25, 0.3) is 11.2 Å². The maximum absolute atomic E-state index is 13.3. The average molecular weight is 846 g/mol. The minimum absolute atomic E-state index is 0.0756. The number of carbonyl (C=O) groups excluding carboxylic acids is 1. The van der Waals surface area contributed by atoms with Crippen molar-refractivity contribution in [1.82, 2.24) is 19.5 Å². The zero-order valence-corrected chi connectivity index (χ0v) is 37.0. The third-order valence-corrected chi connectivity index (χ3v) is 16.2. The molecule has 61 heavy (non-hydrogen) atoms. The van der Waals surface area contributed by atoms with Crippen LogP contribution in [0.3, 0.4) is 0 Å². The number of rotatable bonds is 17. The van der Waals surface area contributed by atoms with E-state index in [1.165, 1.54) is 6.33 Å². The maximum Gasteiger partial charge on any atom is 0.256 e. The Bertz CT molecular complexity index is 2310. The predicted molar refractivity (Wildman–Crippen MR) is 236 cm³/mol. The molecule has 7 rings (SSSR count). The zero-order chi connectivity index (χ0) is 43.2. The van der Waals surface area contributed by atoms with Gasteiger partial charge in [0.05, 0.1) is 40.4 Å². The number of imidazole rings is 1. The van der Waals surface area contributed by atoms with Gasteiger partial charge < -0.3 is 38.2 Å². The molecule has 1 fully saturated rings. The van der Waals surface area contributed by atoms with Gasteiger partial charge in [-0.15, -0.1) is 0 Å². The molecule has 4 atom stereocenters. The van der Waals surface area contributed by atoms with Crippen LogP contribution in [0.4, 0.5) is 5.82 Å². The summed E-state index contributed by atoms with van der Waals surface area (Å²) in [5, 5.41) is 2.84. The van der Waals surface area contributed by atoms with E-state index in [0.29, 0.717) is 34.8 Å². The lowest BCUT2D eigenvalue weighted by Gasteiger charge is -2.41. The number of aromatic nitrogens is 4. The predicted octanol–water partition coefficient (Wildman–Crippen LogP) is 8.42. The molecule has 0 radical (unpaired) electrons. The fraction of sp³-hybridized carbons (Fsp3) is 0.362. The Labute approximate surface area is 358 Å². The first-order valence-corrected chi connectivity index (χ1v) is 23.3. The summed E-state index contributed by atoms with van der Waals surface area (Å²) in [6, 6.07) is 34.9. The zero-order valence-electron chi connectivity index (χ0n) is 36.0. The van der Waals surface area contributed by atoms with Crippen LogP contribution >= 0.6 is 0 Å². The number of fused-ring (bicyclic) bond motifs is 1. The van der Waals surface area contributed by atoms with Crippen LogP contribution in [0, 0.1) is 0 Å². The molecule has 0 bridgehead atoms. The van der Waals surface area contributed by atoms with E-state index in [2.05, 4.69) is 61.3 Å². The van der Waals surface area contributed by atoms with E-state index in [4.69, 9.17) is 37.8 Å². The molecule has 14 heteroatoms. The van der Waals surface area contributed by atoms with E-state index in [1.54, 1.807) is 51.9 Å². The lowest BCUT2D eigenvalue weighted by Crippen LogP contribution is -2.48. The lowest BCUT2D eigenvalue weighted by molar-refractivity contribution is -0.128. The molecule has 13 nitrogen and oxygen atoms in total. The summed E-state index contributed by atoms with van der Waals surface area (Å²) in [4.78, 5) is 27.1. The first-order valence-electron chi connectivity index (χ1n) is 20.4. The first-order chi connectivity index (χ1) is 29.4. The molecule has 0 aliphatic carbocycles. The average Bonchev–Trinajstić information content (AvgIpc) is 3.86.